The highest BCUT2D eigenvalue weighted by atomic mass is 32.2. The van der Waals surface area contributed by atoms with E-state index < -0.39 is 21.7 Å². The average molecular weight is 247 g/mol. The second kappa shape index (κ2) is 4.90. The number of sulfone groups is 1. The number of halogens is 1. The maximum Gasteiger partial charge on any atom is 0.175 e. The fourth-order valence-electron chi connectivity index (χ4n) is 1.42. The fourth-order valence-corrected chi connectivity index (χ4v) is 2.35. The quantitative estimate of drug-likeness (QED) is 0.739. The monoisotopic (exact) mass is 247 g/mol. The Morgan fingerprint density at radius 2 is 2.12 bits per heavy atom. The number of nitrogens with two attached hydrogens (primary N) is 1. The molecule has 6 heteroatoms. The first-order valence-corrected chi connectivity index (χ1v) is 6.58. The molecule has 90 valence electrons. The SMILES string of the molecule is CS(=O)(=O)c1ccc(F)cc1CC(N)CO. The van der Waals surface area contributed by atoms with Crippen LogP contribution in [0, 0.1) is 5.82 Å². The summed E-state index contributed by atoms with van der Waals surface area (Å²) in [6.07, 6.45) is 1.17. The molecule has 1 aromatic carbocycles. The van der Waals surface area contributed by atoms with E-state index in [4.69, 9.17) is 10.8 Å². The standard InChI is InChI=1S/C10H14FNO3S/c1-16(14,15)10-3-2-8(11)4-7(10)5-9(12)6-13/h2-4,9,13H,5-6,12H2,1H3. The van der Waals surface area contributed by atoms with Crippen LogP contribution < -0.4 is 5.73 Å². The zero-order valence-corrected chi connectivity index (χ0v) is 9.67. The minimum Gasteiger partial charge on any atom is -0.395 e. The fraction of sp³-hybridized carbons (Fsp3) is 0.400. The largest absolute Gasteiger partial charge is 0.395 e. The van der Waals surface area contributed by atoms with Gasteiger partial charge in [0.1, 0.15) is 5.82 Å². The van der Waals surface area contributed by atoms with Crippen LogP contribution in [0.1, 0.15) is 5.56 Å². The summed E-state index contributed by atoms with van der Waals surface area (Å²) in [5, 5.41) is 8.79. The summed E-state index contributed by atoms with van der Waals surface area (Å²) < 4.78 is 35.8. The van der Waals surface area contributed by atoms with Crippen molar-refractivity contribution in [2.45, 2.75) is 17.4 Å². The molecule has 1 unspecified atom stereocenters. The Kier molecular flexibility index (Phi) is 4.01. The number of aliphatic hydroxyl groups is 1. The van der Waals surface area contributed by atoms with E-state index in [-0.39, 0.29) is 17.9 Å². The Hall–Kier alpha value is -0.980. The van der Waals surface area contributed by atoms with Gasteiger partial charge in [-0.25, -0.2) is 12.8 Å². The van der Waals surface area contributed by atoms with E-state index in [9.17, 15) is 12.8 Å². The number of rotatable bonds is 4. The molecule has 0 amide bonds. The summed E-state index contributed by atoms with van der Waals surface area (Å²) in [5.41, 5.74) is 5.80. The average Bonchev–Trinajstić information content (AvgIpc) is 2.15. The predicted molar refractivity (Wildman–Crippen MR) is 58.3 cm³/mol. The molecule has 0 saturated carbocycles. The first-order chi connectivity index (χ1) is 7.34. The van der Waals surface area contributed by atoms with Crippen molar-refractivity contribution in [3.05, 3.63) is 29.6 Å². The lowest BCUT2D eigenvalue weighted by Crippen LogP contribution is -2.27. The molecule has 4 nitrogen and oxygen atoms in total. The lowest BCUT2D eigenvalue weighted by atomic mass is 10.1. The predicted octanol–water partition coefficient (Wildman–Crippen LogP) is 0.0913. The van der Waals surface area contributed by atoms with Crippen molar-refractivity contribution in [1.29, 1.82) is 0 Å². The topological polar surface area (TPSA) is 80.4 Å². The second-order valence-electron chi connectivity index (χ2n) is 3.67. The maximum absolute atomic E-state index is 13.0. The van der Waals surface area contributed by atoms with E-state index in [1.807, 2.05) is 0 Å². The molecule has 0 aliphatic heterocycles. The molecule has 0 fully saturated rings. The normalized spacial score (nSPS) is 13.8. The molecule has 0 radical (unpaired) electrons. The summed E-state index contributed by atoms with van der Waals surface area (Å²) in [6.45, 7) is -0.278. The van der Waals surface area contributed by atoms with Crippen LogP contribution in [0.2, 0.25) is 0 Å². The summed E-state index contributed by atoms with van der Waals surface area (Å²) in [4.78, 5) is 0.0535. The van der Waals surface area contributed by atoms with Crippen molar-refractivity contribution in [3.63, 3.8) is 0 Å². The lowest BCUT2D eigenvalue weighted by Gasteiger charge is -2.11. The molecule has 0 saturated heterocycles. The van der Waals surface area contributed by atoms with Gasteiger partial charge < -0.3 is 10.8 Å². The van der Waals surface area contributed by atoms with Crippen molar-refractivity contribution in [3.8, 4) is 0 Å². The van der Waals surface area contributed by atoms with Crippen LogP contribution in [0.3, 0.4) is 0 Å². The van der Waals surface area contributed by atoms with Gasteiger partial charge >= 0.3 is 0 Å². The Morgan fingerprint density at radius 1 is 1.50 bits per heavy atom. The Bertz CT molecular complexity index is 473. The summed E-state index contributed by atoms with van der Waals surface area (Å²) >= 11 is 0. The molecule has 0 aromatic heterocycles. The molecular weight excluding hydrogens is 233 g/mol. The lowest BCUT2D eigenvalue weighted by molar-refractivity contribution is 0.265. The minimum absolute atomic E-state index is 0.0535. The smallest absolute Gasteiger partial charge is 0.175 e. The number of hydrogen-bond donors (Lipinski definition) is 2. The van der Waals surface area contributed by atoms with Gasteiger partial charge in [-0.3, -0.25) is 0 Å². The minimum atomic E-state index is -3.41. The van der Waals surface area contributed by atoms with Crippen molar-refractivity contribution in [2.75, 3.05) is 12.9 Å². The maximum atomic E-state index is 13.0. The highest BCUT2D eigenvalue weighted by Crippen LogP contribution is 2.18. The molecule has 0 aliphatic rings. The second-order valence-corrected chi connectivity index (χ2v) is 5.66. The third-order valence-corrected chi connectivity index (χ3v) is 3.34. The summed E-state index contributed by atoms with van der Waals surface area (Å²) in [6, 6.07) is 2.84. The Morgan fingerprint density at radius 3 is 2.62 bits per heavy atom. The molecule has 0 bridgehead atoms. The number of hydrogen-bond acceptors (Lipinski definition) is 4. The first-order valence-electron chi connectivity index (χ1n) is 4.69. The molecule has 0 aliphatic carbocycles. The van der Waals surface area contributed by atoms with Gasteiger partial charge in [0, 0.05) is 12.3 Å². The van der Waals surface area contributed by atoms with Crippen molar-refractivity contribution >= 4 is 9.84 Å². The molecule has 1 atom stereocenters. The van der Waals surface area contributed by atoms with E-state index in [0.29, 0.717) is 5.56 Å². The van der Waals surface area contributed by atoms with E-state index in [1.54, 1.807) is 0 Å². The van der Waals surface area contributed by atoms with Crippen molar-refractivity contribution in [1.82, 2.24) is 0 Å². The van der Waals surface area contributed by atoms with Crippen LogP contribution in [0.4, 0.5) is 4.39 Å². The van der Waals surface area contributed by atoms with Gasteiger partial charge in [0.2, 0.25) is 0 Å². The van der Waals surface area contributed by atoms with Crippen LogP contribution in [0.15, 0.2) is 23.1 Å². The zero-order chi connectivity index (χ0) is 12.3. The third kappa shape index (κ3) is 3.26. The number of benzene rings is 1. The Balaban J connectivity index is 3.19. The van der Waals surface area contributed by atoms with E-state index >= 15 is 0 Å². The zero-order valence-electron chi connectivity index (χ0n) is 8.85. The van der Waals surface area contributed by atoms with E-state index in [0.717, 1.165) is 18.4 Å². The third-order valence-electron chi connectivity index (χ3n) is 2.14. The van der Waals surface area contributed by atoms with E-state index in [1.165, 1.54) is 6.07 Å². The van der Waals surface area contributed by atoms with Gasteiger partial charge in [-0.2, -0.15) is 0 Å². The molecule has 3 N–H and O–H groups in total. The number of aliphatic hydroxyl groups excluding tert-OH is 1. The summed E-state index contributed by atoms with van der Waals surface area (Å²) in [7, 11) is -3.41. The van der Waals surface area contributed by atoms with Crippen molar-refractivity contribution < 1.29 is 17.9 Å². The highest BCUT2D eigenvalue weighted by molar-refractivity contribution is 7.90. The van der Waals surface area contributed by atoms with Crippen LogP contribution in [-0.2, 0) is 16.3 Å². The van der Waals surface area contributed by atoms with Crippen molar-refractivity contribution in [2.24, 2.45) is 5.73 Å². The first kappa shape index (κ1) is 13.1. The molecule has 16 heavy (non-hydrogen) atoms. The van der Waals surface area contributed by atoms with Gasteiger partial charge in [-0.1, -0.05) is 0 Å². The summed E-state index contributed by atoms with van der Waals surface area (Å²) in [5.74, 6) is -0.521. The Labute approximate surface area is 93.8 Å². The van der Waals surface area contributed by atoms with E-state index in [2.05, 4.69) is 0 Å². The van der Waals surface area contributed by atoms with Crippen LogP contribution in [0.25, 0.3) is 0 Å². The molecule has 0 spiro atoms. The van der Waals surface area contributed by atoms with Gasteiger partial charge in [0.05, 0.1) is 11.5 Å². The molecule has 0 heterocycles. The van der Waals surface area contributed by atoms with Gasteiger partial charge in [0.25, 0.3) is 0 Å². The van der Waals surface area contributed by atoms with Gasteiger partial charge in [0.15, 0.2) is 9.84 Å². The van der Waals surface area contributed by atoms with Crippen LogP contribution in [-0.4, -0.2) is 32.4 Å². The van der Waals surface area contributed by atoms with Gasteiger partial charge in [-0.15, -0.1) is 0 Å². The molecule has 1 aromatic rings. The van der Waals surface area contributed by atoms with Crippen LogP contribution in [0.5, 0.6) is 0 Å². The van der Waals surface area contributed by atoms with Crippen LogP contribution >= 0.6 is 0 Å². The molecule has 1 rings (SSSR count). The molecular formula is C10H14FNO3S. The highest BCUT2D eigenvalue weighted by Gasteiger charge is 2.15. The van der Waals surface area contributed by atoms with Gasteiger partial charge in [-0.05, 0) is 30.2 Å².